The van der Waals surface area contributed by atoms with E-state index in [9.17, 15) is 17.6 Å². The van der Waals surface area contributed by atoms with E-state index in [1.54, 1.807) is 4.90 Å². The molecule has 1 amide bonds. The SMILES string of the molecule is O=C(C1CCCN(S(=O)(=O)c2ccc(F)cc2)C1)N1CCn2c1nc1ccccc12. The molecule has 2 aromatic carbocycles. The Bertz CT molecular complexity index is 1220. The Hall–Kier alpha value is -2.78. The fourth-order valence-corrected chi connectivity index (χ4v) is 5.86. The number of imidazole rings is 1. The summed E-state index contributed by atoms with van der Waals surface area (Å²) in [6, 6.07) is 12.6. The number of amides is 1. The van der Waals surface area contributed by atoms with Crippen LogP contribution in [0.15, 0.2) is 53.4 Å². The van der Waals surface area contributed by atoms with Crippen LogP contribution in [-0.2, 0) is 21.4 Å². The molecular formula is C21H21FN4O3S. The van der Waals surface area contributed by atoms with Gasteiger partial charge in [-0.3, -0.25) is 9.69 Å². The molecule has 0 radical (unpaired) electrons. The lowest BCUT2D eigenvalue weighted by Crippen LogP contribution is -2.46. The van der Waals surface area contributed by atoms with Crippen molar-refractivity contribution < 1.29 is 17.6 Å². The maximum atomic E-state index is 13.3. The number of nitrogens with zero attached hydrogens (tertiary/aromatic N) is 4. The third kappa shape index (κ3) is 3.09. The standard InChI is InChI=1S/C21H21FN4O3S/c22-16-7-9-17(10-8-16)30(28,29)24-11-3-4-15(14-24)20(27)26-13-12-25-19-6-2-1-5-18(19)23-21(25)26/h1-2,5-10,15H,3-4,11-14H2. The largest absolute Gasteiger partial charge is 0.308 e. The molecule has 5 rings (SSSR count). The van der Waals surface area contributed by atoms with Crippen LogP contribution in [-0.4, -0.2) is 47.8 Å². The molecule has 0 saturated carbocycles. The number of halogens is 1. The Morgan fingerprint density at radius 1 is 1.03 bits per heavy atom. The van der Waals surface area contributed by atoms with Gasteiger partial charge >= 0.3 is 0 Å². The average molecular weight is 428 g/mol. The first-order valence-electron chi connectivity index (χ1n) is 9.97. The monoisotopic (exact) mass is 428 g/mol. The van der Waals surface area contributed by atoms with E-state index in [2.05, 4.69) is 4.98 Å². The lowest BCUT2D eigenvalue weighted by molar-refractivity contribution is -0.123. The van der Waals surface area contributed by atoms with Gasteiger partial charge in [0.05, 0.1) is 21.8 Å². The van der Waals surface area contributed by atoms with E-state index in [4.69, 9.17) is 0 Å². The van der Waals surface area contributed by atoms with Crippen LogP contribution >= 0.6 is 0 Å². The van der Waals surface area contributed by atoms with E-state index < -0.39 is 21.8 Å². The molecular weight excluding hydrogens is 407 g/mol. The van der Waals surface area contributed by atoms with Gasteiger partial charge in [-0.25, -0.2) is 17.8 Å². The number of hydrogen-bond donors (Lipinski definition) is 0. The molecule has 1 atom stereocenters. The van der Waals surface area contributed by atoms with Gasteiger partial charge in [-0.05, 0) is 49.2 Å². The molecule has 0 N–H and O–H groups in total. The summed E-state index contributed by atoms with van der Waals surface area (Å²) in [5, 5.41) is 0. The summed E-state index contributed by atoms with van der Waals surface area (Å²) in [6.07, 6.45) is 1.23. The Labute approximate surface area is 173 Å². The van der Waals surface area contributed by atoms with E-state index in [1.165, 1.54) is 16.4 Å². The van der Waals surface area contributed by atoms with Gasteiger partial charge in [0, 0.05) is 26.2 Å². The van der Waals surface area contributed by atoms with Crippen molar-refractivity contribution in [3.8, 4) is 0 Å². The molecule has 3 heterocycles. The highest BCUT2D eigenvalue weighted by Crippen LogP contribution is 2.31. The van der Waals surface area contributed by atoms with Gasteiger partial charge in [-0.1, -0.05) is 12.1 Å². The molecule has 7 nitrogen and oxygen atoms in total. The first kappa shape index (κ1) is 19.2. The summed E-state index contributed by atoms with van der Waals surface area (Å²) in [6.45, 7) is 1.68. The van der Waals surface area contributed by atoms with Crippen molar-refractivity contribution in [2.45, 2.75) is 24.3 Å². The lowest BCUT2D eigenvalue weighted by Gasteiger charge is -2.32. The smallest absolute Gasteiger partial charge is 0.243 e. The molecule has 1 unspecified atom stereocenters. The van der Waals surface area contributed by atoms with Crippen molar-refractivity contribution >= 4 is 32.9 Å². The van der Waals surface area contributed by atoms with E-state index in [0.29, 0.717) is 38.4 Å². The van der Waals surface area contributed by atoms with Crippen LogP contribution in [0.4, 0.5) is 10.3 Å². The average Bonchev–Trinajstić information content (AvgIpc) is 3.33. The maximum absolute atomic E-state index is 13.3. The first-order valence-corrected chi connectivity index (χ1v) is 11.4. The van der Waals surface area contributed by atoms with Crippen LogP contribution in [0.2, 0.25) is 0 Å². The normalized spacial score (nSPS) is 19.9. The molecule has 0 aliphatic carbocycles. The van der Waals surface area contributed by atoms with Crippen molar-refractivity contribution in [3.63, 3.8) is 0 Å². The van der Waals surface area contributed by atoms with Gasteiger partial charge in [-0.2, -0.15) is 4.31 Å². The molecule has 2 aliphatic rings. The van der Waals surface area contributed by atoms with Crippen LogP contribution in [0.25, 0.3) is 11.0 Å². The Kier molecular flexibility index (Phi) is 4.59. The summed E-state index contributed by atoms with van der Waals surface area (Å²) in [7, 11) is -3.77. The number of sulfonamides is 1. The van der Waals surface area contributed by atoms with E-state index >= 15 is 0 Å². The number of fused-ring (bicyclic) bond motifs is 3. The van der Waals surface area contributed by atoms with Crippen molar-refractivity contribution in [2.75, 3.05) is 24.5 Å². The van der Waals surface area contributed by atoms with Crippen LogP contribution in [0.3, 0.4) is 0 Å². The highest BCUT2D eigenvalue weighted by Gasteiger charge is 2.38. The highest BCUT2D eigenvalue weighted by molar-refractivity contribution is 7.89. The zero-order valence-corrected chi connectivity index (χ0v) is 17.1. The summed E-state index contributed by atoms with van der Waals surface area (Å²) in [5.74, 6) is -0.388. The third-order valence-corrected chi connectivity index (χ3v) is 7.75. The summed E-state index contributed by atoms with van der Waals surface area (Å²) in [4.78, 5) is 19.6. The predicted octanol–water partition coefficient (Wildman–Crippen LogP) is 2.62. The number of piperidine rings is 1. The van der Waals surface area contributed by atoms with Gasteiger partial charge in [-0.15, -0.1) is 0 Å². The predicted molar refractivity (Wildman–Crippen MR) is 110 cm³/mol. The minimum absolute atomic E-state index is 0.0416. The first-order chi connectivity index (χ1) is 14.4. The van der Waals surface area contributed by atoms with Crippen LogP contribution in [0.5, 0.6) is 0 Å². The van der Waals surface area contributed by atoms with Crippen molar-refractivity contribution in [1.29, 1.82) is 0 Å². The summed E-state index contributed by atoms with van der Waals surface area (Å²) in [5.41, 5.74) is 1.83. The molecule has 3 aromatic rings. The number of hydrogen-bond acceptors (Lipinski definition) is 4. The number of carbonyl (C=O) groups is 1. The quantitative estimate of drug-likeness (QED) is 0.643. The molecule has 0 bridgehead atoms. The molecule has 1 saturated heterocycles. The molecule has 9 heteroatoms. The van der Waals surface area contributed by atoms with Crippen molar-refractivity contribution in [3.05, 3.63) is 54.3 Å². The molecule has 2 aliphatic heterocycles. The number of aromatic nitrogens is 2. The molecule has 0 spiro atoms. The molecule has 30 heavy (non-hydrogen) atoms. The second-order valence-corrected chi connectivity index (χ2v) is 9.64. The van der Waals surface area contributed by atoms with Crippen LogP contribution < -0.4 is 4.90 Å². The second kappa shape index (κ2) is 7.17. The van der Waals surface area contributed by atoms with E-state index in [0.717, 1.165) is 23.2 Å². The zero-order valence-electron chi connectivity index (χ0n) is 16.2. The Morgan fingerprint density at radius 3 is 2.60 bits per heavy atom. The number of benzene rings is 2. The van der Waals surface area contributed by atoms with Crippen LogP contribution in [0.1, 0.15) is 12.8 Å². The minimum Gasteiger partial charge on any atom is -0.308 e. The zero-order chi connectivity index (χ0) is 20.9. The summed E-state index contributed by atoms with van der Waals surface area (Å²) < 4.78 is 42.5. The van der Waals surface area contributed by atoms with Gasteiger partial charge in [0.2, 0.25) is 21.9 Å². The number of carbonyl (C=O) groups excluding carboxylic acids is 1. The van der Waals surface area contributed by atoms with Crippen LogP contribution in [0, 0.1) is 11.7 Å². The second-order valence-electron chi connectivity index (χ2n) is 7.70. The van der Waals surface area contributed by atoms with Gasteiger partial charge in [0.25, 0.3) is 0 Å². The Balaban J connectivity index is 1.38. The fourth-order valence-electron chi connectivity index (χ4n) is 4.34. The van der Waals surface area contributed by atoms with Crippen molar-refractivity contribution in [1.82, 2.24) is 13.9 Å². The van der Waals surface area contributed by atoms with Gasteiger partial charge in [0.1, 0.15) is 5.82 Å². The lowest BCUT2D eigenvalue weighted by atomic mass is 9.98. The molecule has 156 valence electrons. The highest BCUT2D eigenvalue weighted by atomic mass is 32.2. The number of rotatable bonds is 3. The molecule has 1 fully saturated rings. The minimum atomic E-state index is -3.77. The fraction of sp³-hybridized carbons (Fsp3) is 0.333. The maximum Gasteiger partial charge on any atom is 0.243 e. The topological polar surface area (TPSA) is 75.5 Å². The van der Waals surface area contributed by atoms with E-state index in [-0.39, 0.29) is 17.3 Å². The van der Waals surface area contributed by atoms with E-state index in [1.807, 2.05) is 28.8 Å². The molecule has 1 aromatic heterocycles. The number of anilines is 1. The number of para-hydroxylation sites is 2. The van der Waals surface area contributed by atoms with Gasteiger partial charge in [0.15, 0.2) is 0 Å². The Morgan fingerprint density at radius 2 is 1.80 bits per heavy atom. The summed E-state index contributed by atoms with van der Waals surface area (Å²) >= 11 is 0. The van der Waals surface area contributed by atoms with Crippen molar-refractivity contribution in [2.24, 2.45) is 5.92 Å². The third-order valence-electron chi connectivity index (χ3n) is 5.87. The van der Waals surface area contributed by atoms with Gasteiger partial charge < -0.3 is 4.57 Å².